The zero-order chi connectivity index (χ0) is 29.8. The Labute approximate surface area is 261 Å². The van der Waals surface area contributed by atoms with Crippen molar-refractivity contribution in [3.8, 4) is 23.0 Å². The Bertz CT molecular complexity index is 2120. The molecule has 0 aliphatic carbocycles. The van der Waals surface area contributed by atoms with Crippen LogP contribution < -0.4 is 18.9 Å². The molecule has 0 fully saturated rings. The number of ether oxygens (including phenoxy) is 4. The van der Waals surface area contributed by atoms with E-state index in [0.29, 0.717) is 17.2 Å². The van der Waals surface area contributed by atoms with Crippen LogP contribution in [0.5, 0.6) is 23.0 Å². The number of hydrogen-bond donors (Lipinski definition) is 0. The molecule has 0 saturated carbocycles. The predicted octanol–water partition coefficient (Wildman–Crippen LogP) is 9.56. The quantitative estimate of drug-likeness (QED) is 0.185. The molecule has 0 saturated heterocycles. The third-order valence-electron chi connectivity index (χ3n) is 9.12. The summed E-state index contributed by atoms with van der Waals surface area (Å²) in [6.45, 7) is 0. The molecule has 5 heteroatoms. The second-order valence-electron chi connectivity index (χ2n) is 11.3. The van der Waals surface area contributed by atoms with Crippen molar-refractivity contribution in [2.45, 2.75) is 23.3 Å². The van der Waals surface area contributed by atoms with E-state index in [0.717, 1.165) is 34.6 Å². The van der Waals surface area contributed by atoms with Gasteiger partial charge in [-0.25, -0.2) is 0 Å². The number of methoxy groups -OCH3 is 3. The molecule has 8 rings (SSSR count). The first-order chi connectivity index (χ1) is 21.7. The van der Waals surface area contributed by atoms with Crippen LogP contribution in [0.15, 0.2) is 102 Å². The predicted molar refractivity (Wildman–Crippen MR) is 181 cm³/mol. The maximum atomic E-state index is 7.29. The van der Waals surface area contributed by atoms with Crippen molar-refractivity contribution in [2.24, 2.45) is 0 Å². The van der Waals surface area contributed by atoms with E-state index in [1.54, 1.807) is 21.3 Å². The zero-order valence-corrected chi connectivity index (χ0v) is 25.8. The highest BCUT2D eigenvalue weighted by Crippen LogP contribution is 2.53. The number of benzene rings is 6. The van der Waals surface area contributed by atoms with Crippen LogP contribution in [0.25, 0.3) is 38.4 Å². The third-order valence-corrected chi connectivity index (χ3v) is 10.3. The summed E-state index contributed by atoms with van der Waals surface area (Å²) in [5.41, 5.74) is 3.51. The van der Waals surface area contributed by atoms with Crippen molar-refractivity contribution in [3.63, 3.8) is 0 Å². The fourth-order valence-electron chi connectivity index (χ4n) is 7.09. The van der Waals surface area contributed by atoms with Crippen LogP contribution >= 0.6 is 11.8 Å². The Kier molecular flexibility index (Phi) is 6.46. The Balaban J connectivity index is 1.48. The molecular weight excluding hydrogens is 564 g/mol. The van der Waals surface area contributed by atoms with Crippen LogP contribution in [0.3, 0.4) is 0 Å². The number of aryl methyl sites for hydroxylation is 1. The molecule has 218 valence electrons. The first kappa shape index (κ1) is 27.0. The maximum absolute atomic E-state index is 7.29. The number of fused-ring (bicyclic) bond motifs is 10. The fourth-order valence-corrected chi connectivity index (χ4v) is 8.14. The molecule has 1 atom stereocenters. The molecule has 4 nitrogen and oxygen atoms in total. The highest BCUT2D eigenvalue weighted by molar-refractivity contribution is 7.99. The minimum absolute atomic E-state index is 0.648. The molecule has 6 aromatic rings. The van der Waals surface area contributed by atoms with Crippen molar-refractivity contribution in [1.82, 2.24) is 0 Å². The molecule has 0 N–H and O–H groups in total. The van der Waals surface area contributed by atoms with E-state index in [2.05, 4.69) is 66.7 Å². The van der Waals surface area contributed by atoms with Gasteiger partial charge in [0.05, 0.1) is 21.3 Å². The normalized spacial score (nSPS) is 17.2. The second kappa shape index (κ2) is 10.5. The van der Waals surface area contributed by atoms with Crippen LogP contribution in [-0.2, 0) is 12.0 Å². The molecule has 2 heterocycles. The van der Waals surface area contributed by atoms with Crippen LogP contribution in [-0.4, -0.2) is 27.1 Å². The monoisotopic (exact) mass is 596 g/mol. The SMILES string of the molecule is COc1ccc(C2(c3ccccc3)C=Cc3c(c(OC)cc4c5ccccc5c5ccc6c(c5c34)CCCS6)O2)cc1OC. The lowest BCUT2D eigenvalue weighted by molar-refractivity contribution is 0.154. The molecule has 6 aromatic carbocycles. The van der Waals surface area contributed by atoms with Gasteiger partial charge in [-0.15, -0.1) is 11.8 Å². The topological polar surface area (TPSA) is 36.9 Å². The van der Waals surface area contributed by atoms with E-state index in [1.807, 2.05) is 48.2 Å². The summed E-state index contributed by atoms with van der Waals surface area (Å²) in [6.07, 6.45) is 6.68. The Morgan fingerprint density at radius 2 is 1.41 bits per heavy atom. The second-order valence-corrected chi connectivity index (χ2v) is 12.5. The van der Waals surface area contributed by atoms with E-state index >= 15 is 0 Å². The van der Waals surface area contributed by atoms with Crippen molar-refractivity contribution in [1.29, 1.82) is 0 Å². The molecule has 0 bridgehead atoms. The van der Waals surface area contributed by atoms with E-state index in [1.165, 1.54) is 49.2 Å². The summed E-state index contributed by atoms with van der Waals surface area (Å²) >= 11 is 1.97. The first-order valence-electron chi connectivity index (χ1n) is 15.0. The Morgan fingerprint density at radius 3 is 2.18 bits per heavy atom. The summed E-state index contributed by atoms with van der Waals surface area (Å²) in [6, 6.07) is 31.9. The average molecular weight is 597 g/mol. The zero-order valence-electron chi connectivity index (χ0n) is 25.0. The summed E-state index contributed by atoms with van der Waals surface area (Å²) in [4.78, 5) is 1.38. The van der Waals surface area contributed by atoms with Gasteiger partial charge < -0.3 is 18.9 Å². The summed E-state index contributed by atoms with van der Waals surface area (Å²) in [7, 11) is 5.04. The average Bonchev–Trinajstić information content (AvgIpc) is 3.10. The maximum Gasteiger partial charge on any atom is 0.178 e. The smallest absolute Gasteiger partial charge is 0.178 e. The van der Waals surface area contributed by atoms with Crippen LogP contribution in [0.4, 0.5) is 0 Å². The molecule has 44 heavy (non-hydrogen) atoms. The molecule has 0 spiro atoms. The molecule has 2 aliphatic rings. The van der Waals surface area contributed by atoms with Gasteiger partial charge in [-0.1, -0.05) is 66.7 Å². The van der Waals surface area contributed by atoms with Gasteiger partial charge >= 0.3 is 0 Å². The molecular formula is C39H32O4S. The first-order valence-corrected chi connectivity index (χ1v) is 16.0. The van der Waals surface area contributed by atoms with Gasteiger partial charge in [0.15, 0.2) is 28.6 Å². The fraction of sp³-hybridized carbons (Fsp3) is 0.179. The summed E-state index contributed by atoms with van der Waals surface area (Å²) in [5, 5.41) is 7.50. The third kappa shape index (κ3) is 3.92. The van der Waals surface area contributed by atoms with Crippen molar-refractivity contribution < 1.29 is 18.9 Å². The van der Waals surface area contributed by atoms with Gasteiger partial charge in [0.25, 0.3) is 0 Å². The largest absolute Gasteiger partial charge is 0.493 e. The Morgan fingerprint density at radius 1 is 0.659 bits per heavy atom. The van der Waals surface area contributed by atoms with Crippen LogP contribution in [0.1, 0.15) is 28.7 Å². The molecule has 0 amide bonds. The highest BCUT2D eigenvalue weighted by Gasteiger charge is 2.40. The number of rotatable bonds is 5. The van der Waals surface area contributed by atoms with Gasteiger partial charge in [0.1, 0.15) is 0 Å². The van der Waals surface area contributed by atoms with E-state index in [9.17, 15) is 0 Å². The number of hydrogen-bond acceptors (Lipinski definition) is 5. The van der Waals surface area contributed by atoms with Gasteiger partial charge in [-0.3, -0.25) is 0 Å². The highest BCUT2D eigenvalue weighted by atomic mass is 32.2. The van der Waals surface area contributed by atoms with Crippen molar-refractivity contribution >= 4 is 50.2 Å². The molecule has 0 aromatic heterocycles. The summed E-state index contributed by atoms with van der Waals surface area (Å²) in [5.74, 6) is 3.92. The van der Waals surface area contributed by atoms with Gasteiger partial charge in [0.2, 0.25) is 0 Å². The van der Waals surface area contributed by atoms with Gasteiger partial charge in [0, 0.05) is 27.0 Å². The standard InChI is InChI=1S/C39H32O4S/c1-40-32-17-15-25(22-33(32)41-2)39(24-10-5-4-6-11-24)20-19-30-37-31(23-34(42-3)38(30)43-39)27-13-8-7-12-26(27)28-16-18-35-29(36(28)37)14-9-21-44-35/h4-8,10-13,15-20,22-23H,9,14,21H2,1-3H3. The van der Waals surface area contributed by atoms with Crippen molar-refractivity contribution in [3.05, 3.63) is 119 Å². The lowest BCUT2D eigenvalue weighted by Crippen LogP contribution is -2.34. The molecule has 0 radical (unpaired) electrons. The minimum Gasteiger partial charge on any atom is -0.493 e. The van der Waals surface area contributed by atoms with Gasteiger partial charge in [-0.2, -0.15) is 0 Å². The van der Waals surface area contributed by atoms with E-state index in [4.69, 9.17) is 18.9 Å². The minimum atomic E-state index is -0.920. The molecule has 2 aliphatic heterocycles. The van der Waals surface area contributed by atoms with Crippen molar-refractivity contribution in [2.75, 3.05) is 27.1 Å². The number of thioether (sulfide) groups is 1. The van der Waals surface area contributed by atoms with Crippen LogP contribution in [0.2, 0.25) is 0 Å². The van der Waals surface area contributed by atoms with Gasteiger partial charge in [-0.05, 0) is 87.5 Å². The lowest BCUT2D eigenvalue weighted by Gasteiger charge is -2.37. The van der Waals surface area contributed by atoms with E-state index < -0.39 is 5.60 Å². The lowest BCUT2D eigenvalue weighted by atomic mass is 9.81. The Hall–Kier alpha value is -4.61. The van der Waals surface area contributed by atoms with E-state index in [-0.39, 0.29) is 0 Å². The van der Waals surface area contributed by atoms with Crippen LogP contribution in [0, 0.1) is 0 Å². The summed E-state index contributed by atoms with van der Waals surface area (Å²) < 4.78 is 24.7. The molecule has 1 unspecified atom stereocenters.